The molecule has 0 fully saturated rings. The zero-order valence-corrected chi connectivity index (χ0v) is 10.1. The maximum atomic E-state index is 13.7. The number of aldehydes is 1. The van der Waals surface area contributed by atoms with Gasteiger partial charge in [-0.25, -0.2) is 4.39 Å². The third-order valence-electron chi connectivity index (χ3n) is 2.53. The van der Waals surface area contributed by atoms with E-state index in [-0.39, 0.29) is 5.82 Å². The molecule has 3 heteroatoms. The van der Waals surface area contributed by atoms with Crippen molar-refractivity contribution in [2.24, 2.45) is 0 Å². The summed E-state index contributed by atoms with van der Waals surface area (Å²) in [6.07, 6.45) is 2.64. The zero-order valence-electron chi connectivity index (χ0n) is 9.31. The molecule has 0 saturated carbocycles. The maximum Gasteiger partial charge on any atom is 0.150 e. The summed E-state index contributed by atoms with van der Waals surface area (Å²) in [6.45, 7) is 0. The number of hydrogen-bond donors (Lipinski definition) is 0. The molecule has 2 aromatic carbocycles. The van der Waals surface area contributed by atoms with Crippen molar-refractivity contribution in [3.05, 3.63) is 53.8 Å². The van der Waals surface area contributed by atoms with Crippen molar-refractivity contribution in [2.45, 2.75) is 4.90 Å². The van der Waals surface area contributed by atoms with E-state index in [1.807, 2.05) is 30.5 Å². The third-order valence-corrected chi connectivity index (χ3v) is 3.27. The Morgan fingerprint density at radius 2 is 1.82 bits per heavy atom. The molecule has 0 radical (unpaired) electrons. The molecule has 1 nitrogen and oxygen atoms in total. The highest BCUT2D eigenvalue weighted by Crippen LogP contribution is 2.25. The molecule has 0 saturated heterocycles. The van der Waals surface area contributed by atoms with Crippen LogP contribution in [-0.4, -0.2) is 12.5 Å². The Labute approximate surface area is 104 Å². The van der Waals surface area contributed by atoms with Crippen molar-refractivity contribution < 1.29 is 9.18 Å². The normalized spacial score (nSPS) is 10.2. The minimum absolute atomic E-state index is 0.354. The molecule has 2 aromatic rings. The van der Waals surface area contributed by atoms with E-state index in [2.05, 4.69) is 0 Å². The topological polar surface area (TPSA) is 17.1 Å². The third kappa shape index (κ3) is 2.56. The first-order valence-corrected chi connectivity index (χ1v) is 6.36. The van der Waals surface area contributed by atoms with E-state index in [1.54, 1.807) is 23.9 Å². The van der Waals surface area contributed by atoms with Gasteiger partial charge in [-0.05, 0) is 30.0 Å². The number of thioether (sulfide) groups is 1. The monoisotopic (exact) mass is 246 g/mol. The summed E-state index contributed by atoms with van der Waals surface area (Å²) in [5.74, 6) is -0.369. The molecule has 0 aromatic heterocycles. The molecule has 0 bridgehead atoms. The second-order valence-corrected chi connectivity index (χ2v) is 4.47. The van der Waals surface area contributed by atoms with Gasteiger partial charge in [0, 0.05) is 16.0 Å². The first kappa shape index (κ1) is 11.9. The summed E-state index contributed by atoms with van der Waals surface area (Å²) in [5.41, 5.74) is 1.69. The van der Waals surface area contributed by atoms with Gasteiger partial charge in [0.05, 0.1) is 0 Å². The molecule has 2 rings (SSSR count). The second kappa shape index (κ2) is 5.15. The number of carbonyl (C=O) groups excluding carboxylic acids is 1. The molecule has 0 N–H and O–H groups in total. The zero-order chi connectivity index (χ0) is 12.3. The van der Waals surface area contributed by atoms with Gasteiger partial charge >= 0.3 is 0 Å². The number of carbonyl (C=O) groups is 1. The summed E-state index contributed by atoms with van der Waals surface area (Å²) in [5, 5.41) is 0. The van der Waals surface area contributed by atoms with Crippen LogP contribution in [0.25, 0.3) is 11.1 Å². The van der Waals surface area contributed by atoms with Crippen molar-refractivity contribution in [2.75, 3.05) is 6.26 Å². The number of halogens is 1. The van der Waals surface area contributed by atoms with Crippen LogP contribution in [0.2, 0.25) is 0 Å². The molecule has 17 heavy (non-hydrogen) atoms. The highest BCUT2D eigenvalue weighted by molar-refractivity contribution is 7.98. The molecule has 0 heterocycles. The Morgan fingerprint density at radius 1 is 1.12 bits per heavy atom. The average molecular weight is 246 g/mol. The molecular formula is C14H11FOS. The Hall–Kier alpha value is -1.61. The van der Waals surface area contributed by atoms with Crippen LogP contribution in [0, 0.1) is 5.82 Å². The van der Waals surface area contributed by atoms with Gasteiger partial charge in [0.1, 0.15) is 12.1 Å². The maximum absolute atomic E-state index is 13.7. The highest BCUT2D eigenvalue weighted by atomic mass is 32.2. The molecule has 0 spiro atoms. The van der Waals surface area contributed by atoms with Crippen LogP contribution in [0.1, 0.15) is 10.4 Å². The predicted octanol–water partition coefficient (Wildman–Crippen LogP) is 4.03. The standard InChI is InChI=1S/C14H11FOS/c1-17-12-5-3-11(4-6-12)13-7-2-10(9-16)8-14(13)15/h2-9H,1H3. The van der Waals surface area contributed by atoms with Crippen LogP contribution < -0.4 is 0 Å². The van der Waals surface area contributed by atoms with Gasteiger partial charge in [0.2, 0.25) is 0 Å². The minimum Gasteiger partial charge on any atom is -0.298 e. The molecule has 0 aliphatic carbocycles. The van der Waals surface area contributed by atoms with Crippen LogP contribution >= 0.6 is 11.8 Å². The molecule has 0 atom stereocenters. The van der Waals surface area contributed by atoms with E-state index in [0.717, 1.165) is 10.5 Å². The van der Waals surface area contributed by atoms with Crippen molar-refractivity contribution in [3.8, 4) is 11.1 Å². The average Bonchev–Trinajstić information content (AvgIpc) is 2.39. The van der Waals surface area contributed by atoms with Crippen molar-refractivity contribution in [3.63, 3.8) is 0 Å². The summed E-state index contributed by atoms with van der Waals surface area (Å²) >= 11 is 1.64. The lowest BCUT2D eigenvalue weighted by Crippen LogP contribution is -1.87. The minimum atomic E-state index is -0.369. The molecule has 0 aliphatic rings. The summed E-state index contributed by atoms with van der Waals surface area (Å²) in [4.78, 5) is 11.7. The predicted molar refractivity (Wildman–Crippen MR) is 69.0 cm³/mol. The fourth-order valence-electron chi connectivity index (χ4n) is 1.61. The van der Waals surface area contributed by atoms with E-state index in [1.165, 1.54) is 6.07 Å². The van der Waals surface area contributed by atoms with Crippen LogP contribution in [0.4, 0.5) is 4.39 Å². The quantitative estimate of drug-likeness (QED) is 0.601. The van der Waals surface area contributed by atoms with Crippen molar-refractivity contribution >= 4 is 18.0 Å². The molecule has 0 amide bonds. The summed E-state index contributed by atoms with van der Waals surface area (Å²) < 4.78 is 13.7. The first-order chi connectivity index (χ1) is 8.24. The lowest BCUT2D eigenvalue weighted by Gasteiger charge is -2.05. The summed E-state index contributed by atoms with van der Waals surface area (Å²) in [6, 6.07) is 12.2. The highest BCUT2D eigenvalue weighted by Gasteiger charge is 2.05. The van der Waals surface area contributed by atoms with Crippen LogP contribution in [-0.2, 0) is 0 Å². The molecule has 0 aliphatic heterocycles. The SMILES string of the molecule is CSc1ccc(-c2ccc(C=O)cc2F)cc1. The van der Waals surface area contributed by atoms with Crippen molar-refractivity contribution in [1.82, 2.24) is 0 Å². The van der Waals surface area contributed by atoms with E-state index in [4.69, 9.17) is 0 Å². The number of rotatable bonds is 3. The number of hydrogen-bond acceptors (Lipinski definition) is 2. The van der Waals surface area contributed by atoms with Gasteiger partial charge in [0.25, 0.3) is 0 Å². The fraction of sp³-hybridized carbons (Fsp3) is 0.0714. The van der Waals surface area contributed by atoms with Gasteiger partial charge in [-0.2, -0.15) is 0 Å². The van der Waals surface area contributed by atoms with Crippen LogP contribution in [0.3, 0.4) is 0 Å². The van der Waals surface area contributed by atoms with Crippen LogP contribution in [0.5, 0.6) is 0 Å². The lowest BCUT2D eigenvalue weighted by molar-refractivity contribution is 0.112. The van der Waals surface area contributed by atoms with Gasteiger partial charge in [-0.3, -0.25) is 4.79 Å². The van der Waals surface area contributed by atoms with Gasteiger partial charge in [-0.1, -0.05) is 24.3 Å². The Balaban J connectivity index is 2.41. The van der Waals surface area contributed by atoms with Gasteiger partial charge < -0.3 is 0 Å². The molecule has 0 unspecified atom stereocenters. The molecule has 86 valence electrons. The van der Waals surface area contributed by atoms with E-state index in [0.29, 0.717) is 17.4 Å². The smallest absolute Gasteiger partial charge is 0.150 e. The van der Waals surface area contributed by atoms with E-state index in [9.17, 15) is 9.18 Å². The van der Waals surface area contributed by atoms with Crippen LogP contribution in [0.15, 0.2) is 47.4 Å². The Bertz CT molecular complexity index is 534. The lowest BCUT2D eigenvalue weighted by atomic mass is 10.0. The summed E-state index contributed by atoms with van der Waals surface area (Å²) in [7, 11) is 0. The first-order valence-electron chi connectivity index (χ1n) is 5.14. The van der Waals surface area contributed by atoms with Gasteiger partial charge in [0.15, 0.2) is 0 Å². The van der Waals surface area contributed by atoms with E-state index < -0.39 is 0 Å². The van der Waals surface area contributed by atoms with Crippen molar-refractivity contribution in [1.29, 1.82) is 0 Å². The Morgan fingerprint density at radius 3 is 2.35 bits per heavy atom. The second-order valence-electron chi connectivity index (χ2n) is 3.59. The molecular weight excluding hydrogens is 235 g/mol. The number of benzene rings is 2. The van der Waals surface area contributed by atoms with E-state index >= 15 is 0 Å². The fourth-order valence-corrected chi connectivity index (χ4v) is 2.02. The Kier molecular flexibility index (Phi) is 3.59. The van der Waals surface area contributed by atoms with Gasteiger partial charge in [-0.15, -0.1) is 11.8 Å². The largest absolute Gasteiger partial charge is 0.298 e.